The molecule has 9 rings (SSSR count). The summed E-state index contributed by atoms with van der Waals surface area (Å²) in [6.45, 7) is 20.3. The topological polar surface area (TPSA) is 21.7 Å². The van der Waals surface area contributed by atoms with Crippen LogP contribution in [0.25, 0.3) is 20.2 Å². The highest BCUT2D eigenvalue weighted by Crippen LogP contribution is 2.66. The molecule has 1 fully saturated rings. The third-order valence-electron chi connectivity index (χ3n) is 11.1. The van der Waals surface area contributed by atoms with Gasteiger partial charge in [-0.1, -0.05) is 91.8 Å². The molecule has 3 aromatic carbocycles. The predicted molar refractivity (Wildman–Crippen MR) is 193 cm³/mol. The normalized spacial score (nSPS) is 20.8. The highest BCUT2D eigenvalue weighted by molar-refractivity contribution is 7.23. The minimum absolute atomic E-state index is 0.0654. The number of para-hydroxylation sites is 2. The summed E-state index contributed by atoms with van der Waals surface area (Å²) in [7, 11) is 0. The van der Waals surface area contributed by atoms with Gasteiger partial charge in [0.05, 0.1) is 35.2 Å². The lowest BCUT2D eigenvalue weighted by Crippen LogP contribution is -2.43. The van der Waals surface area contributed by atoms with Crippen molar-refractivity contribution >= 4 is 39.7 Å². The summed E-state index contributed by atoms with van der Waals surface area (Å²) in [5.74, 6) is 0. The predicted octanol–water partition coefficient (Wildman–Crippen LogP) is 11.6. The van der Waals surface area contributed by atoms with Gasteiger partial charge in [0.25, 0.3) is 0 Å². The van der Waals surface area contributed by atoms with Crippen LogP contribution < -0.4 is 4.90 Å². The lowest BCUT2D eigenvalue weighted by molar-refractivity contribution is -0.224. The molecule has 46 heavy (non-hydrogen) atoms. The van der Waals surface area contributed by atoms with Crippen LogP contribution in [0.1, 0.15) is 99.9 Å². The first-order valence-electron chi connectivity index (χ1n) is 16.5. The molecule has 4 aliphatic heterocycles. The number of hydrogen-bond donors (Lipinski definition) is 0. The zero-order valence-electron chi connectivity index (χ0n) is 28.0. The van der Waals surface area contributed by atoms with E-state index in [2.05, 4.69) is 133 Å². The quantitative estimate of drug-likeness (QED) is 0.195. The highest BCUT2D eigenvalue weighted by atomic mass is 32.1. The molecule has 0 bridgehead atoms. The summed E-state index contributed by atoms with van der Waals surface area (Å²) in [4.78, 5) is 7.65. The number of rotatable bonds is 3. The van der Waals surface area contributed by atoms with Crippen LogP contribution in [0.5, 0.6) is 0 Å². The van der Waals surface area contributed by atoms with Gasteiger partial charge in [0.2, 0.25) is 0 Å². The van der Waals surface area contributed by atoms with Crippen LogP contribution in [0.4, 0.5) is 17.1 Å². The Morgan fingerprint density at radius 3 is 1.52 bits per heavy atom. The first-order chi connectivity index (χ1) is 21.8. The Hall–Kier alpha value is -3.22. The lowest BCUT2D eigenvalue weighted by Gasteiger charge is -2.55. The SMILES string of the molecule is CC1(C)COC(c2ccc(-c3ccc(-c4cc5c6c(c4)C(C)(C)c4cccc7c4N6c4c(cccc4C5(C)C)C7(C)C)s3)s2)OC1. The molecule has 0 spiro atoms. The maximum atomic E-state index is 6.09. The van der Waals surface area contributed by atoms with Gasteiger partial charge in [0.15, 0.2) is 6.29 Å². The van der Waals surface area contributed by atoms with Crippen LogP contribution in [0.15, 0.2) is 72.8 Å². The molecule has 0 N–H and O–H groups in total. The van der Waals surface area contributed by atoms with Crippen molar-refractivity contribution in [1.29, 1.82) is 0 Å². The fourth-order valence-electron chi connectivity index (χ4n) is 8.42. The van der Waals surface area contributed by atoms with E-state index in [4.69, 9.17) is 9.47 Å². The summed E-state index contributed by atoms with van der Waals surface area (Å²) >= 11 is 3.67. The van der Waals surface area contributed by atoms with Crippen LogP contribution in [0.3, 0.4) is 0 Å². The Morgan fingerprint density at radius 2 is 0.978 bits per heavy atom. The maximum absolute atomic E-state index is 6.09. The van der Waals surface area contributed by atoms with Gasteiger partial charge in [-0.05, 0) is 75.3 Å². The minimum atomic E-state index is -0.267. The number of ether oxygens (including phenoxy) is 2. The van der Waals surface area contributed by atoms with Crippen molar-refractivity contribution in [2.75, 3.05) is 18.1 Å². The number of benzene rings is 3. The lowest BCUT2D eigenvalue weighted by atomic mass is 9.60. The van der Waals surface area contributed by atoms with Crippen LogP contribution in [-0.4, -0.2) is 13.2 Å². The molecule has 1 saturated heterocycles. The molecule has 3 nitrogen and oxygen atoms in total. The van der Waals surface area contributed by atoms with E-state index in [1.165, 1.54) is 70.6 Å². The molecule has 0 radical (unpaired) electrons. The summed E-state index contributed by atoms with van der Waals surface area (Å²) in [6, 6.07) is 28.0. The van der Waals surface area contributed by atoms with Crippen LogP contribution in [0.2, 0.25) is 0 Å². The molecule has 234 valence electrons. The second kappa shape index (κ2) is 9.23. The Balaban J connectivity index is 1.18. The van der Waals surface area contributed by atoms with Crippen molar-refractivity contribution in [3.63, 3.8) is 0 Å². The molecule has 5 heteroatoms. The first-order valence-corrected chi connectivity index (χ1v) is 18.1. The van der Waals surface area contributed by atoms with E-state index in [1.54, 1.807) is 11.3 Å². The van der Waals surface area contributed by atoms with Gasteiger partial charge in [-0.25, -0.2) is 0 Å². The summed E-state index contributed by atoms with van der Waals surface area (Å²) in [6.07, 6.45) is -0.267. The Kier molecular flexibility index (Phi) is 5.81. The maximum Gasteiger partial charge on any atom is 0.193 e. The molecule has 0 atom stereocenters. The van der Waals surface area contributed by atoms with Crippen LogP contribution >= 0.6 is 22.7 Å². The van der Waals surface area contributed by atoms with E-state index in [1.807, 2.05) is 11.3 Å². The Bertz CT molecular complexity index is 1990. The van der Waals surface area contributed by atoms with E-state index < -0.39 is 0 Å². The zero-order chi connectivity index (χ0) is 32.0. The van der Waals surface area contributed by atoms with Gasteiger partial charge in [0, 0.05) is 36.3 Å². The summed E-state index contributed by atoms with van der Waals surface area (Å²) < 4.78 is 12.2. The molecule has 2 aromatic heterocycles. The zero-order valence-corrected chi connectivity index (χ0v) is 29.6. The standard InChI is InChI=1S/C41H41NO2S2/c1-38(2)21-43-37(44-22-38)33-18-17-32(46-33)31-16-15-30(45-31)23-19-28-36-29(20-23)41(7,8)27-14-10-12-25-35(27)42(36)34-24(39(25,3)4)11-9-13-26(34)40(28,5)6/h9-20,37H,21-22H2,1-8H3. The van der Waals surface area contributed by atoms with Gasteiger partial charge in [-0.15, -0.1) is 22.7 Å². The van der Waals surface area contributed by atoms with Gasteiger partial charge in [-0.2, -0.15) is 0 Å². The third-order valence-corrected chi connectivity index (χ3v) is 13.6. The van der Waals surface area contributed by atoms with E-state index in [0.29, 0.717) is 13.2 Å². The van der Waals surface area contributed by atoms with Crippen molar-refractivity contribution in [3.05, 3.63) is 111 Å². The molecular weight excluding hydrogens is 603 g/mol. The van der Waals surface area contributed by atoms with Crippen LogP contribution in [-0.2, 0) is 25.7 Å². The fourth-order valence-corrected chi connectivity index (χ4v) is 10.5. The smallest absolute Gasteiger partial charge is 0.193 e. The largest absolute Gasteiger partial charge is 0.347 e. The highest BCUT2D eigenvalue weighted by Gasteiger charge is 2.51. The van der Waals surface area contributed by atoms with Crippen molar-refractivity contribution in [3.8, 4) is 20.2 Å². The average molecular weight is 644 g/mol. The van der Waals surface area contributed by atoms with E-state index in [9.17, 15) is 0 Å². The molecule has 4 aliphatic rings. The van der Waals surface area contributed by atoms with Crippen molar-refractivity contribution < 1.29 is 9.47 Å². The average Bonchev–Trinajstić information content (AvgIpc) is 3.70. The molecule has 0 aliphatic carbocycles. The van der Waals surface area contributed by atoms with Crippen LogP contribution in [0, 0.1) is 5.41 Å². The molecule has 0 saturated carbocycles. The monoisotopic (exact) mass is 643 g/mol. The molecule has 0 amide bonds. The second-order valence-corrected chi connectivity index (χ2v) is 18.2. The van der Waals surface area contributed by atoms with Crippen molar-refractivity contribution in [1.82, 2.24) is 0 Å². The minimum Gasteiger partial charge on any atom is -0.347 e. The van der Waals surface area contributed by atoms with Gasteiger partial charge < -0.3 is 14.4 Å². The van der Waals surface area contributed by atoms with E-state index in [0.717, 1.165) is 4.88 Å². The van der Waals surface area contributed by atoms with Gasteiger partial charge >= 0.3 is 0 Å². The summed E-state index contributed by atoms with van der Waals surface area (Å²) in [5.41, 5.74) is 13.7. The molecular formula is C41H41NO2S2. The first kappa shape index (κ1) is 29.0. The van der Waals surface area contributed by atoms with Crippen molar-refractivity contribution in [2.45, 2.75) is 77.9 Å². The van der Waals surface area contributed by atoms with Crippen molar-refractivity contribution in [2.24, 2.45) is 5.41 Å². The van der Waals surface area contributed by atoms with Gasteiger partial charge in [-0.3, -0.25) is 0 Å². The van der Waals surface area contributed by atoms with E-state index in [-0.39, 0.29) is 27.9 Å². The van der Waals surface area contributed by atoms with E-state index >= 15 is 0 Å². The number of hydrogen-bond acceptors (Lipinski definition) is 5. The molecule has 6 heterocycles. The third kappa shape index (κ3) is 3.77. The molecule has 5 aromatic rings. The summed E-state index contributed by atoms with van der Waals surface area (Å²) in [5, 5.41) is 0. The Morgan fingerprint density at radius 1 is 0.543 bits per heavy atom. The number of thiophene rings is 2. The number of anilines is 3. The molecule has 0 unspecified atom stereocenters. The van der Waals surface area contributed by atoms with Gasteiger partial charge in [0.1, 0.15) is 0 Å². The fraction of sp³-hybridized carbons (Fsp3) is 0.366. The Labute approximate surface area is 280 Å². The second-order valence-electron chi connectivity index (χ2n) is 16.0. The number of nitrogens with zero attached hydrogens (tertiary/aromatic N) is 1.